The van der Waals surface area contributed by atoms with E-state index in [1.807, 2.05) is 19.1 Å². The number of hydrogen-bond donors (Lipinski definition) is 3. The van der Waals surface area contributed by atoms with Crippen LogP contribution < -0.4 is 16.0 Å². The van der Waals surface area contributed by atoms with Gasteiger partial charge in [-0.15, -0.1) is 0 Å². The standard InChI is InChI=1S/C18H19Cl2N3O2/c1-3-17(24)23-16-9-12(5-4-11(16)2)21-10-18(25)22-13-6-7-14(19)15(20)8-13/h4-9,21H,3,10H2,1-2H3,(H,22,25)(H,23,24). The molecular formula is C18H19Cl2N3O2. The Morgan fingerprint density at radius 1 is 0.920 bits per heavy atom. The summed E-state index contributed by atoms with van der Waals surface area (Å²) >= 11 is 11.8. The molecule has 0 saturated heterocycles. The minimum Gasteiger partial charge on any atom is -0.376 e. The number of rotatable bonds is 6. The second-order valence-electron chi connectivity index (χ2n) is 5.46. The summed E-state index contributed by atoms with van der Waals surface area (Å²) in [5, 5.41) is 9.40. The lowest BCUT2D eigenvalue weighted by molar-refractivity contribution is -0.116. The molecule has 0 heterocycles. The average Bonchev–Trinajstić information content (AvgIpc) is 2.58. The van der Waals surface area contributed by atoms with E-state index in [4.69, 9.17) is 23.2 Å². The van der Waals surface area contributed by atoms with Gasteiger partial charge in [0.25, 0.3) is 0 Å². The van der Waals surface area contributed by atoms with Crippen LogP contribution >= 0.6 is 23.2 Å². The first-order valence-corrected chi connectivity index (χ1v) is 8.54. The van der Waals surface area contributed by atoms with Gasteiger partial charge < -0.3 is 16.0 Å². The smallest absolute Gasteiger partial charge is 0.243 e. The molecule has 0 atom stereocenters. The summed E-state index contributed by atoms with van der Waals surface area (Å²) in [6.07, 6.45) is 0.406. The molecule has 0 aliphatic heterocycles. The van der Waals surface area contributed by atoms with Gasteiger partial charge in [0.15, 0.2) is 0 Å². The zero-order valence-electron chi connectivity index (χ0n) is 14.0. The lowest BCUT2D eigenvalue weighted by Crippen LogP contribution is -2.21. The predicted molar refractivity (Wildman–Crippen MR) is 104 cm³/mol. The van der Waals surface area contributed by atoms with Crippen LogP contribution in [0.4, 0.5) is 17.1 Å². The van der Waals surface area contributed by atoms with Crippen LogP contribution in [0.3, 0.4) is 0 Å². The molecule has 0 radical (unpaired) electrons. The maximum absolute atomic E-state index is 12.0. The van der Waals surface area contributed by atoms with Crippen LogP contribution in [0.15, 0.2) is 36.4 Å². The number of anilines is 3. The Hall–Kier alpha value is -2.24. The molecule has 0 unspecified atom stereocenters. The van der Waals surface area contributed by atoms with Crippen molar-refractivity contribution in [3.05, 3.63) is 52.0 Å². The first kappa shape index (κ1) is 19.1. The minimum absolute atomic E-state index is 0.0578. The molecule has 132 valence electrons. The van der Waals surface area contributed by atoms with Crippen LogP contribution in [0.1, 0.15) is 18.9 Å². The molecule has 0 aromatic heterocycles. The monoisotopic (exact) mass is 379 g/mol. The predicted octanol–water partition coefficient (Wildman–Crippen LogP) is 4.70. The molecule has 25 heavy (non-hydrogen) atoms. The number of aryl methyl sites for hydroxylation is 1. The normalized spacial score (nSPS) is 10.2. The Morgan fingerprint density at radius 3 is 2.32 bits per heavy atom. The second kappa shape index (κ2) is 8.74. The number of nitrogens with one attached hydrogen (secondary N) is 3. The van der Waals surface area contributed by atoms with E-state index in [1.165, 1.54) is 0 Å². The highest BCUT2D eigenvalue weighted by atomic mass is 35.5. The molecule has 3 N–H and O–H groups in total. The number of benzene rings is 2. The number of carbonyl (C=O) groups is 2. The minimum atomic E-state index is -0.224. The average molecular weight is 380 g/mol. The van der Waals surface area contributed by atoms with Crippen molar-refractivity contribution in [2.24, 2.45) is 0 Å². The van der Waals surface area contributed by atoms with Gasteiger partial charge in [-0.2, -0.15) is 0 Å². The lowest BCUT2D eigenvalue weighted by Gasteiger charge is -2.12. The molecule has 7 heteroatoms. The summed E-state index contributed by atoms with van der Waals surface area (Å²) in [7, 11) is 0. The molecule has 2 aromatic carbocycles. The van der Waals surface area contributed by atoms with E-state index in [9.17, 15) is 9.59 Å². The van der Waals surface area contributed by atoms with Gasteiger partial charge in [-0.05, 0) is 42.8 Å². The van der Waals surface area contributed by atoms with Crippen molar-refractivity contribution in [2.45, 2.75) is 20.3 Å². The Morgan fingerprint density at radius 2 is 1.64 bits per heavy atom. The van der Waals surface area contributed by atoms with E-state index in [1.54, 1.807) is 31.2 Å². The van der Waals surface area contributed by atoms with Crippen molar-refractivity contribution in [2.75, 3.05) is 22.5 Å². The molecule has 2 aromatic rings. The highest BCUT2D eigenvalue weighted by Gasteiger charge is 2.07. The third kappa shape index (κ3) is 5.66. The zero-order chi connectivity index (χ0) is 18.4. The van der Waals surface area contributed by atoms with Crippen LogP contribution in [-0.2, 0) is 9.59 Å². The summed E-state index contributed by atoms with van der Waals surface area (Å²) in [5.74, 6) is -0.282. The van der Waals surface area contributed by atoms with Crippen molar-refractivity contribution in [3.8, 4) is 0 Å². The van der Waals surface area contributed by atoms with Gasteiger partial charge in [-0.3, -0.25) is 9.59 Å². The third-order valence-electron chi connectivity index (χ3n) is 3.49. The number of hydrogen-bond acceptors (Lipinski definition) is 3. The van der Waals surface area contributed by atoms with E-state index < -0.39 is 0 Å². The van der Waals surface area contributed by atoms with E-state index in [0.717, 1.165) is 16.9 Å². The van der Waals surface area contributed by atoms with E-state index in [2.05, 4.69) is 16.0 Å². The molecule has 2 amide bonds. The number of amides is 2. The molecule has 0 aliphatic carbocycles. The van der Waals surface area contributed by atoms with Crippen molar-refractivity contribution in [1.82, 2.24) is 0 Å². The van der Waals surface area contributed by atoms with Gasteiger partial charge in [-0.1, -0.05) is 36.2 Å². The first-order chi connectivity index (χ1) is 11.9. The van der Waals surface area contributed by atoms with Crippen LogP contribution in [0.25, 0.3) is 0 Å². The largest absolute Gasteiger partial charge is 0.376 e. The Kier molecular flexibility index (Phi) is 6.67. The highest BCUT2D eigenvalue weighted by Crippen LogP contribution is 2.25. The molecule has 0 saturated carbocycles. The van der Waals surface area contributed by atoms with Gasteiger partial charge in [0.1, 0.15) is 0 Å². The van der Waals surface area contributed by atoms with Crippen LogP contribution in [0.2, 0.25) is 10.0 Å². The second-order valence-corrected chi connectivity index (χ2v) is 6.28. The molecule has 2 rings (SSSR count). The molecule has 0 bridgehead atoms. The Bertz CT molecular complexity index is 794. The van der Waals surface area contributed by atoms with Gasteiger partial charge in [-0.25, -0.2) is 0 Å². The fourth-order valence-corrected chi connectivity index (χ4v) is 2.36. The fourth-order valence-electron chi connectivity index (χ4n) is 2.07. The highest BCUT2D eigenvalue weighted by molar-refractivity contribution is 6.42. The van der Waals surface area contributed by atoms with E-state index in [0.29, 0.717) is 22.2 Å². The van der Waals surface area contributed by atoms with Crippen molar-refractivity contribution in [3.63, 3.8) is 0 Å². The molecule has 0 spiro atoms. The van der Waals surface area contributed by atoms with E-state index in [-0.39, 0.29) is 18.4 Å². The third-order valence-corrected chi connectivity index (χ3v) is 4.23. The SMILES string of the molecule is CCC(=O)Nc1cc(NCC(=O)Nc2ccc(Cl)c(Cl)c2)ccc1C. The Labute approximate surface area is 156 Å². The van der Waals surface area contributed by atoms with Crippen LogP contribution in [0, 0.1) is 6.92 Å². The van der Waals surface area contributed by atoms with Crippen molar-refractivity contribution >= 4 is 52.1 Å². The summed E-state index contributed by atoms with van der Waals surface area (Å²) in [4.78, 5) is 23.6. The summed E-state index contributed by atoms with van der Waals surface area (Å²) in [6, 6.07) is 10.4. The number of halogens is 2. The number of carbonyl (C=O) groups excluding carboxylic acids is 2. The zero-order valence-corrected chi connectivity index (χ0v) is 15.5. The Balaban J connectivity index is 1.96. The fraction of sp³-hybridized carbons (Fsp3) is 0.222. The maximum atomic E-state index is 12.0. The van der Waals surface area contributed by atoms with Gasteiger partial charge in [0.05, 0.1) is 16.6 Å². The first-order valence-electron chi connectivity index (χ1n) is 7.78. The topological polar surface area (TPSA) is 70.2 Å². The van der Waals surface area contributed by atoms with Crippen molar-refractivity contribution < 1.29 is 9.59 Å². The molecular weight excluding hydrogens is 361 g/mol. The molecule has 0 aliphatic rings. The van der Waals surface area contributed by atoms with E-state index >= 15 is 0 Å². The molecule has 5 nitrogen and oxygen atoms in total. The maximum Gasteiger partial charge on any atom is 0.243 e. The van der Waals surface area contributed by atoms with Crippen LogP contribution in [-0.4, -0.2) is 18.4 Å². The summed E-state index contributed by atoms with van der Waals surface area (Å²) < 4.78 is 0. The van der Waals surface area contributed by atoms with Crippen LogP contribution in [0.5, 0.6) is 0 Å². The summed E-state index contributed by atoms with van der Waals surface area (Å²) in [5.41, 5.74) is 2.98. The lowest BCUT2D eigenvalue weighted by atomic mass is 10.1. The quantitative estimate of drug-likeness (QED) is 0.680. The van der Waals surface area contributed by atoms with Crippen molar-refractivity contribution in [1.29, 1.82) is 0 Å². The summed E-state index contributed by atoms with van der Waals surface area (Å²) in [6.45, 7) is 3.77. The van der Waals surface area contributed by atoms with Gasteiger partial charge in [0.2, 0.25) is 11.8 Å². The van der Waals surface area contributed by atoms with Gasteiger partial charge >= 0.3 is 0 Å². The molecule has 0 fully saturated rings. The van der Waals surface area contributed by atoms with Gasteiger partial charge in [0, 0.05) is 23.5 Å².